The third kappa shape index (κ3) is 1.91. The van der Waals surface area contributed by atoms with E-state index >= 15 is 0 Å². The van der Waals surface area contributed by atoms with Gasteiger partial charge >= 0.3 is 0 Å². The van der Waals surface area contributed by atoms with Crippen LogP contribution < -0.4 is 25.7 Å². The van der Waals surface area contributed by atoms with Gasteiger partial charge in [-0.1, -0.05) is 43.9 Å². The van der Waals surface area contributed by atoms with E-state index in [1.807, 2.05) is 0 Å². The van der Waals surface area contributed by atoms with Crippen LogP contribution in [0.1, 0.15) is 5.56 Å². The highest BCUT2D eigenvalue weighted by atomic mass is 28.3. The van der Waals surface area contributed by atoms with Crippen LogP contribution in [-0.4, -0.2) is 22.2 Å². The number of fused-ring (bicyclic) bond motifs is 2. The summed E-state index contributed by atoms with van der Waals surface area (Å²) >= 11 is 0. The number of hydrogen-bond donors (Lipinski definition) is 0. The lowest BCUT2D eigenvalue weighted by Crippen LogP contribution is -2.62. The van der Waals surface area contributed by atoms with E-state index in [0.29, 0.717) is 0 Å². The lowest BCUT2D eigenvalue weighted by molar-refractivity contribution is 1.13. The first-order valence-corrected chi connectivity index (χ1v) is 10.0. The van der Waals surface area contributed by atoms with E-state index in [0.717, 1.165) is 5.22 Å². The minimum Gasteiger partial charge on any atom is -0.378 e. The predicted molar refractivity (Wildman–Crippen MR) is 92.3 cm³/mol. The highest BCUT2D eigenvalue weighted by molar-refractivity contribution is 7.01. The van der Waals surface area contributed by atoms with Crippen LogP contribution in [0, 0.1) is 0 Å². The smallest absolute Gasteiger partial charge is 0.113 e. The summed E-state index contributed by atoms with van der Waals surface area (Å²) < 4.78 is 0. The van der Waals surface area contributed by atoms with Crippen LogP contribution in [0.5, 0.6) is 0 Å². The van der Waals surface area contributed by atoms with Crippen molar-refractivity contribution < 1.29 is 0 Å². The fourth-order valence-electron chi connectivity index (χ4n) is 3.07. The Balaban J connectivity index is 2.34. The van der Waals surface area contributed by atoms with Gasteiger partial charge in [0.1, 0.15) is 8.07 Å². The molecule has 0 amide bonds. The molecule has 0 saturated heterocycles. The number of rotatable bonds is 1. The van der Waals surface area contributed by atoms with Gasteiger partial charge in [0.15, 0.2) is 0 Å². The van der Waals surface area contributed by atoms with Gasteiger partial charge in [-0.15, -0.1) is 0 Å². The first-order valence-electron chi connectivity index (χ1n) is 7.03. The highest BCUT2D eigenvalue weighted by Gasteiger charge is 2.31. The summed E-state index contributed by atoms with van der Waals surface area (Å²) in [6.07, 6.45) is 2.32. The molecule has 0 radical (unpaired) electrons. The molecule has 0 saturated carbocycles. The molecule has 0 aliphatic carbocycles. The summed E-state index contributed by atoms with van der Waals surface area (Å²) in [5.41, 5.74) is 2.67. The fourth-order valence-corrected chi connectivity index (χ4v) is 6.17. The molecule has 0 fully saturated rings. The Labute approximate surface area is 121 Å². The number of hydrogen-bond acceptors (Lipinski definition) is 1. The zero-order valence-electron chi connectivity index (χ0n) is 12.7. The predicted octanol–water partition coefficient (Wildman–Crippen LogP) is 1.13. The average molecular weight is 279 g/mol. The van der Waals surface area contributed by atoms with E-state index in [-0.39, 0.29) is 0 Å². The molecule has 2 aromatic rings. The highest BCUT2D eigenvalue weighted by Crippen LogP contribution is 2.17. The fraction of sp³-hybridized carbons (Fsp3) is 0.222. The van der Waals surface area contributed by atoms with Gasteiger partial charge in [-0.3, -0.25) is 0 Å². The molecule has 20 heavy (non-hydrogen) atoms. The second-order valence-corrected chi connectivity index (χ2v) is 10.7. The van der Waals surface area contributed by atoms with Crippen LogP contribution in [0.2, 0.25) is 13.1 Å². The van der Waals surface area contributed by atoms with Crippen molar-refractivity contribution >= 4 is 36.8 Å². The van der Waals surface area contributed by atoms with E-state index < -0.39 is 8.07 Å². The summed E-state index contributed by atoms with van der Waals surface area (Å²) in [5, 5.41) is 5.53. The standard InChI is InChI=1S/C18H21NSi/c1-13-6-7-14-11-15-8-9-16(19(2)3)12-18(15)20(4,5)17(14)10-13/h6-12H,1H2,2-5H3. The number of anilines is 1. The molecule has 0 aromatic heterocycles. The average Bonchev–Trinajstić information content (AvgIpc) is 2.39. The van der Waals surface area contributed by atoms with Crippen molar-refractivity contribution in [1.29, 1.82) is 0 Å². The molecular weight excluding hydrogens is 258 g/mol. The van der Waals surface area contributed by atoms with Crippen molar-refractivity contribution in [2.75, 3.05) is 19.0 Å². The normalized spacial score (nSPS) is 15.0. The van der Waals surface area contributed by atoms with Gasteiger partial charge in [-0.05, 0) is 44.6 Å². The molecule has 0 bridgehead atoms. The van der Waals surface area contributed by atoms with E-state index in [1.165, 1.54) is 26.8 Å². The monoisotopic (exact) mass is 279 g/mol. The number of nitrogens with zero attached hydrogens (tertiary/aromatic N) is 1. The van der Waals surface area contributed by atoms with Gasteiger partial charge in [0.05, 0.1) is 0 Å². The Morgan fingerprint density at radius 3 is 2.40 bits per heavy atom. The Bertz CT molecular complexity index is 788. The van der Waals surface area contributed by atoms with Crippen LogP contribution >= 0.6 is 0 Å². The maximum atomic E-state index is 4.10. The first kappa shape index (κ1) is 13.2. The Kier molecular flexibility index (Phi) is 2.87. The largest absolute Gasteiger partial charge is 0.378 e. The maximum absolute atomic E-state index is 4.10. The van der Waals surface area contributed by atoms with E-state index in [2.05, 4.69) is 81.1 Å². The van der Waals surface area contributed by atoms with Crippen LogP contribution in [-0.2, 0) is 0 Å². The molecule has 0 atom stereocenters. The lowest BCUT2D eigenvalue weighted by Gasteiger charge is -2.31. The minimum atomic E-state index is -1.64. The summed E-state index contributed by atoms with van der Waals surface area (Å²) in [5.74, 6) is 0. The van der Waals surface area contributed by atoms with E-state index in [4.69, 9.17) is 0 Å². The van der Waals surface area contributed by atoms with Crippen molar-refractivity contribution in [1.82, 2.24) is 0 Å². The Morgan fingerprint density at radius 1 is 0.950 bits per heavy atom. The van der Waals surface area contributed by atoms with E-state index in [1.54, 1.807) is 0 Å². The quantitative estimate of drug-likeness (QED) is 0.707. The minimum absolute atomic E-state index is 1.12. The second-order valence-electron chi connectivity index (χ2n) is 6.36. The van der Waals surface area contributed by atoms with Gasteiger partial charge in [0.25, 0.3) is 0 Å². The summed E-state index contributed by atoms with van der Waals surface area (Å²) in [7, 11) is 2.57. The van der Waals surface area contributed by atoms with Gasteiger partial charge < -0.3 is 4.90 Å². The van der Waals surface area contributed by atoms with Gasteiger partial charge in [-0.2, -0.15) is 0 Å². The maximum Gasteiger partial charge on any atom is 0.113 e. The lowest BCUT2D eigenvalue weighted by atomic mass is 10.1. The van der Waals surface area contributed by atoms with Crippen molar-refractivity contribution in [3.63, 3.8) is 0 Å². The molecule has 3 rings (SSSR count). The van der Waals surface area contributed by atoms with Crippen molar-refractivity contribution in [3.8, 4) is 0 Å². The SMILES string of the molecule is C=c1ccc2c(c1)[Si](C)(C)c1cc(N(C)C)ccc1C=2. The molecule has 1 nitrogen and oxygen atoms in total. The molecule has 0 unspecified atom stereocenters. The molecule has 0 N–H and O–H groups in total. The van der Waals surface area contributed by atoms with Crippen LogP contribution in [0.4, 0.5) is 5.69 Å². The first-order chi connectivity index (χ1) is 9.39. The summed E-state index contributed by atoms with van der Waals surface area (Å²) in [4.78, 5) is 2.18. The van der Waals surface area contributed by atoms with Crippen molar-refractivity contribution in [2.45, 2.75) is 13.1 Å². The van der Waals surface area contributed by atoms with Gasteiger partial charge in [0, 0.05) is 19.8 Å². The molecular formula is C18H21NSi. The van der Waals surface area contributed by atoms with Crippen molar-refractivity contribution in [2.24, 2.45) is 0 Å². The summed E-state index contributed by atoms with van der Waals surface area (Å²) in [6, 6.07) is 13.5. The molecule has 2 aromatic carbocycles. The topological polar surface area (TPSA) is 3.24 Å². The van der Waals surface area contributed by atoms with Gasteiger partial charge in [0.2, 0.25) is 0 Å². The zero-order valence-corrected chi connectivity index (χ0v) is 13.7. The molecule has 0 spiro atoms. The Morgan fingerprint density at radius 2 is 1.70 bits per heavy atom. The molecule has 102 valence electrons. The van der Waals surface area contributed by atoms with E-state index in [9.17, 15) is 0 Å². The molecule has 1 aliphatic rings. The summed E-state index contributed by atoms with van der Waals surface area (Å²) in [6.45, 7) is 8.98. The van der Waals surface area contributed by atoms with Gasteiger partial charge in [-0.25, -0.2) is 0 Å². The van der Waals surface area contributed by atoms with Crippen LogP contribution in [0.15, 0.2) is 36.4 Å². The third-order valence-corrected chi connectivity index (χ3v) is 7.89. The van der Waals surface area contributed by atoms with Crippen molar-refractivity contribution in [3.05, 3.63) is 52.4 Å². The van der Waals surface area contributed by atoms with Crippen LogP contribution in [0.3, 0.4) is 0 Å². The molecule has 1 heterocycles. The molecule has 1 aliphatic heterocycles. The second kappa shape index (κ2) is 4.35. The molecule has 2 heteroatoms. The third-order valence-electron chi connectivity index (χ3n) is 4.33. The van der Waals surface area contributed by atoms with Crippen LogP contribution in [0.25, 0.3) is 12.7 Å². The zero-order chi connectivity index (χ0) is 14.5. The number of benzene rings is 2. The Hall–Kier alpha value is -1.80.